The van der Waals surface area contributed by atoms with Crippen LogP contribution in [0.4, 0.5) is 11.4 Å². The van der Waals surface area contributed by atoms with Crippen LogP contribution in [0, 0.1) is 0 Å². The second-order valence-electron chi connectivity index (χ2n) is 14.9. The van der Waals surface area contributed by atoms with E-state index >= 15 is 0 Å². The van der Waals surface area contributed by atoms with E-state index in [2.05, 4.69) is 155 Å². The Kier molecular flexibility index (Phi) is 5.93. The van der Waals surface area contributed by atoms with Gasteiger partial charge in [0.1, 0.15) is 22.9 Å². The van der Waals surface area contributed by atoms with Gasteiger partial charge in [-0.15, -0.1) is 0 Å². The van der Waals surface area contributed by atoms with E-state index in [9.17, 15) is 0 Å². The molecule has 0 saturated heterocycles. The molecule has 5 aliphatic rings. The molecule has 0 fully saturated rings. The fourth-order valence-corrected chi connectivity index (χ4v) is 10.1. The van der Waals surface area contributed by atoms with Crippen molar-refractivity contribution in [3.8, 4) is 5.69 Å². The Balaban J connectivity index is 1.03. The zero-order valence-corrected chi connectivity index (χ0v) is 28.7. The fourth-order valence-electron chi connectivity index (χ4n) is 10.1. The number of nitrogens with zero attached hydrogens (tertiary/aromatic N) is 2. The number of para-hydroxylation sites is 2. The van der Waals surface area contributed by atoms with E-state index in [1.54, 1.807) is 0 Å². The van der Waals surface area contributed by atoms with Crippen molar-refractivity contribution in [2.24, 2.45) is 0 Å². The van der Waals surface area contributed by atoms with Crippen LogP contribution in [0.2, 0.25) is 0 Å². The number of allylic oxidation sites excluding steroid dienone is 5. The van der Waals surface area contributed by atoms with Gasteiger partial charge < -0.3 is 18.3 Å². The molecule has 4 aromatic carbocycles. The first-order chi connectivity index (χ1) is 25.8. The smallest absolute Gasteiger partial charge is 0.135 e. The average molecular weight is 673 g/mol. The topological polar surface area (TPSA) is 34.5 Å². The van der Waals surface area contributed by atoms with E-state index in [4.69, 9.17) is 8.83 Å². The van der Waals surface area contributed by atoms with E-state index in [1.807, 2.05) is 0 Å². The lowest BCUT2D eigenvalue weighted by molar-refractivity contribution is 0.364. The summed E-state index contributed by atoms with van der Waals surface area (Å²) in [4.78, 5) is 2.60. The van der Waals surface area contributed by atoms with E-state index < -0.39 is 0 Å². The molecule has 0 amide bonds. The summed E-state index contributed by atoms with van der Waals surface area (Å²) >= 11 is 0. The van der Waals surface area contributed by atoms with Crippen LogP contribution in [0.25, 0.3) is 56.7 Å². The summed E-state index contributed by atoms with van der Waals surface area (Å²) in [6.45, 7) is 0. The number of hydrogen-bond donors (Lipinski definition) is 0. The maximum atomic E-state index is 6.87. The van der Waals surface area contributed by atoms with Gasteiger partial charge in [-0.05, 0) is 67.3 Å². The molecule has 4 heteroatoms. The Labute approximate surface area is 302 Å². The Morgan fingerprint density at radius 2 is 1.40 bits per heavy atom. The van der Waals surface area contributed by atoms with Crippen LogP contribution < -0.4 is 4.90 Å². The van der Waals surface area contributed by atoms with Gasteiger partial charge in [0.05, 0.1) is 22.8 Å². The predicted molar refractivity (Wildman–Crippen MR) is 213 cm³/mol. The quantitative estimate of drug-likeness (QED) is 0.187. The van der Waals surface area contributed by atoms with E-state index in [0.717, 1.165) is 48.5 Å². The van der Waals surface area contributed by atoms with Gasteiger partial charge in [-0.1, -0.05) is 103 Å². The highest BCUT2D eigenvalue weighted by Gasteiger charge is 2.41. The number of fused-ring (bicyclic) bond motifs is 13. The van der Waals surface area contributed by atoms with Crippen LogP contribution in [0.15, 0.2) is 136 Å². The summed E-state index contributed by atoms with van der Waals surface area (Å²) < 4.78 is 16.0. The monoisotopic (exact) mass is 672 g/mol. The summed E-state index contributed by atoms with van der Waals surface area (Å²) in [7, 11) is 0. The Morgan fingerprint density at radius 1 is 0.615 bits per heavy atom. The lowest BCUT2D eigenvalue weighted by Crippen LogP contribution is -2.28. The van der Waals surface area contributed by atoms with Gasteiger partial charge in [-0.25, -0.2) is 0 Å². The Hall–Kier alpha value is -6.00. The molecule has 4 aliphatic carbocycles. The number of aryl methyl sites for hydroxylation is 1. The standard InChI is InChI=1S/C48H36N2O2/c1-2-12-29(13-3-1)49-41-22-8-5-16-38(41)45-42(49)26-25-33-31-14-4-7-21-40(31)50(46(33)45)30-24-27-44-39(28-30)37-20-11-19-36(48(37)52-44)35-18-10-17-34-32-15-6-9-23-43(32)51-47(34)35/h1-8,10-17,20-22,24-28,31,35-36,40H,9,18-19,23H2. The number of benzene rings is 4. The molecule has 3 aromatic heterocycles. The van der Waals surface area contributed by atoms with E-state index in [0.29, 0.717) is 0 Å². The molecule has 1 aliphatic heterocycles. The lowest BCUT2D eigenvalue weighted by Gasteiger charge is -2.29. The summed E-state index contributed by atoms with van der Waals surface area (Å²) in [5, 5.41) is 3.76. The fraction of sp³-hybridized carbons (Fsp3) is 0.167. The number of rotatable bonds is 3. The lowest BCUT2D eigenvalue weighted by atomic mass is 9.76. The largest absolute Gasteiger partial charge is 0.464 e. The maximum Gasteiger partial charge on any atom is 0.135 e. The third kappa shape index (κ3) is 3.87. The second kappa shape index (κ2) is 10.8. The van der Waals surface area contributed by atoms with Crippen LogP contribution in [-0.4, -0.2) is 10.6 Å². The van der Waals surface area contributed by atoms with Gasteiger partial charge in [-0.2, -0.15) is 0 Å². The van der Waals surface area contributed by atoms with Gasteiger partial charge in [0.25, 0.3) is 0 Å². The highest BCUT2D eigenvalue weighted by atomic mass is 16.3. The van der Waals surface area contributed by atoms with Crippen LogP contribution in [0.3, 0.4) is 0 Å². The molecule has 4 heterocycles. The number of furan rings is 2. The molecular weight excluding hydrogens is 637 g/mol. The van der Waals surface area contributed by atoms with Crippen LogP contribution >= 0.6 is 0 Å². The van der Waals surface area contributed by atoms with Gasteiger partial charge in [0.15, 0.2) is 0 Å². The molecule has 52 heavy (non-hydrogen) atoms. The SMILES string of the molecule is C1=CC2c3ccc4c(c3N(c3ccc5oc6c(c5c3)C=CCC6C3CC=Cc5c3oc3c5C=CCC3)C2C=C1)c1ccccc1n4-c1ccccc1. The highest BCUT2D eigenvalue weighted by molar-refractivity contribution is 6.17. The summed E-state index contributed by atoms with van der Waals surface area (Å²) in [6, 6.07) is 31.4. The third-order valence-electron chi connectivity index (χ3n) is 12.3. The predicted octanol–water partition coefficient (Wildman–Crippen LogP) is 12.5. The van der Waals surface area contributed by atoms with Crippen molar-refractivity contribution in [3.05, 3.63) is 167 Å². The van der Waals surface area contributed by atoms with Gasteiger partial charge >= 0.3 is 0 Å². The van der Waals surface area contributed by atoms with Crippen molar-refractivity contribution in [1.82, 2.24) is 4.57 Å². The molecule has 4 unspecified atom stereocenters. The Morgan fingerprint density at radius 3 is 2.31 bits per heavy atom. The van der Waals surface area contributed by atoms with Crippen molar-refractivity contribution < 1.29 is 8.83 Å². The zero-order chi connectivity index (χ0) is 33.9. The molecule has 12 rings (SSSR count). The first-order valence-corrected chi connectivity index (χ1v) is 18.8. The highest BCUT2D eigenvalue weighted by Crippen LogP contribution is 2.55. The molecule has 250 valence electrons. The van der Waals surface area contributed by atoms with Crippen molar-refractivity contribution in [1.29, 1.82) is 0 Å². The minimum absolute atomic E-state index is 0.180. The molecule has 0 bridgehead atoms. The van der Waals surface area contributed by atoms with Crippen molar-refractivity contribution in [2.45, 2.75) is 49.5 Å². The van der Waals surface area contributed by atoms with Gasteiger partial charge in [0, 0.05) is 68.4 Å². The van der Waals surface area contributed by atoms with Crippen molar-refractivity contribution in [2.75, 3.05) is 4.90 Å². The third-order valence-corrected chi connectivity index (χ3v) is 12.3. The van der Waals surface area contributed by atoms with Crippen LogP contribution in [-0.2, 0) is 6.42 Å². The molecule has 0 saturated carbocycles. The molecule has 0 radical (unpaired) electrons. The second-order valence-corrected chi connectivity index (χ2v) is 14.9. The molecule has 0 N–H and O–H groups in total. The molecule has 7 aromatic rings. The minimum Gasteiger partial charge on any atom is -0.464 e. The first-order valence-electron chi connectivity index (χ1n) is 18.8. The number of anilines is 2. The summed E-state index contributed by atoms with van der Waals surface area (Å²) in [5.41, 5.74) is 12.2. The van der Waals surface area contributed by atoms with Gasteiger partial charge in [0.2, 0.25) is 0 Å². The molecule has 4 atom stereocenters. The first kappa shape index (κ1) is 28.7. The minimum atomic E-state index is 0.180. The zero-order valence-electron chi connectivity index (χ0n) is 28.7. The van der Waals surface area contributed by atoms with Gasteiger partial charge in [-0.3, -0.25) is 0 Å². The summed E-state index contributed by atoms with van der Waals surface area (Å²) in [5.74, 6) is 4.12. The number of aromatic nitrogens is 1. The molecule has 0 spiro atoms. The van der Waals surface area contributed by atoms with Crippen LogP contribution in [0.1, 0.15) is 76.6 Å². The van der Waals surface area contributed by atoms with E-state index in [1.165, 1.54) is 66.5 Å². The normalized spacial score (nSPS) is 22.3. The molecular formula is C48H36N2O2. The van der Waals surface area contributed by atoms with Crippen molar-refractivity contribution >= 4 is 62.4 Å². The molecule has 4 nitrogen and oxygen atoms in total. The van der Waals surface area contributed by atoms with Crippen LogP contribution in [0.5, 0.6) is 0 Å². The summed E-state index contributed by atoms with van der Waals surface area (Å²) in [6.07, 6.45) is 26.9. The average Bonchev–Trinajstić information content (AvgIpc) is 3.95. The Bertz CT molecular complexity index is 2780. The number of hydrogen-bond acceptors (Lipinski definition) is 3. The van der Waals surface area contributed by atoms with E-state index in [-0.39, 0.29) is 23.8 Å². The maximum absolute atomic E-state index is 6.87. The van der Waals surface area contributed by atoms with Crippen molar-refractivity contribution in [3.63, 3.8) is 0 Å².